The summed E-state index contributed by atoms with van der Waals surface area (Å²) in [6.07, 6.45) is 4.09. The standard InChI is InChI=1S/C35H31N3O5S/c1-24-9-12-30(13-10-24)44(41,42)38-20-17-31-25(2)34(15-14-33(31)38)43-29-8-4-7-28(22-29)32-18-19-37(36-32)23-27-6-3-5-26(21-27)11-16-35(39)40/h3-10,12-15,17-22H,11,16,23H2,1-2H3,(H,39,40). The lowest BCUT2D eigenvalue weighted by molar-refractivity contribution is -0.136. The largest absolute Gasteiger partial charge is 0.481 e. The average Bonchev–Trinajstić information content (AvgIpc) is 3.66. The number of carbonyl (C=O) groups is 1. The fraction of sp³-hybridized carbons (Fsp3) is 0.143. The van der Waals surface area contributed by atoms with Gasteiger partial charge < -0.3 is 9.84 Å². The first kappa shape index (κ1) is 28.9. The minimum Gasteiger partial charge on any atom is -0.481 e. The monoisotopic (exact) mass is 605 g/mol. The number of fused-ring (bicyclic) bond motifs is 1. The highest BCUT2D eigenvalue weighted by Gasteiger charge is 2.20. The Morgan fingerprint density at radius 3 is 2.43 bits per heavy atom. The summed E-state index contributed by atoms with van der Waals surface area (Å²) < 4.78 is 36.2. The predicted molar refractivity (Wildman–Crippen MR) is 170 cm³/mol. The maximum absolute atomic E-state index is 13.4. The van der Waals surface area contributed by atoms with Crippen LogP contribution in [0.15, 0.2) is 114 Å². The molecule has 0 fully saturated rings. The van der Waals surface area contributed by atoms with Gasteiger partial charge >= 0.3 is 5.97 Å². The van der Waals surface area contributed by atoms with E-state index in [1.54, 1.807) is 48.7 Å². The van der Waals surface area contributed by atoms with Gasteiger partial charge in [-0.25, -0.2) is 12.4 Å². The topological polar surface area (TPSA) is 103 Å². The molecule has 6 rings (SSSR count). The van der Waals surface area contributed by atoms with E-state index in [0.717, 1.165) is 38.9 Å². The molecule has 1 N–H and O–H groups in total. The molecular formula is C35H31N3O5S. The van der Waals surface area contributed by atoms with Crippen LogP contribution in [-0.4, -0.2) is 33.2 Å². The molecule has 0 saturated carbocycles. The molecule has 0 bridgehead atoms. The lowest BCUT2D eigenvalue weighted by atomic mass is 10.1. The number of nitrogens with zero attached hydrogens (tertiary/aromatic N) is 3. The zero-order valence-corrected chi connectivity index (χ0v) is 25.2. The number of aliphatic carboxylic acids is 1. The summed E-state index contributed by atoms with van der Waals surface area (Å²) in [6.45, 7) is 4.41. The smallest absolute Gasteiger partial charge is 0.303 e. The maximum Gasteiger partial charge on any atom is 0.303 e. The molecule has 0 unspecified atom stereocenters. The van der Waals surface area contributed by atoms with Gasteiger partial charge in [0.15, 0.2) is 0 Å². The third kappa shape index (κ3) is 6.00. The van der Waals surface area contributed by atoms with E-state index in [1.165, 1.54) is 3.97 Å². The van der Waals surface area contributed by atoms with Gasteiger partial charge in [0.1, 0.15) is 11.5 Å². The molecule has 0 spiro atoms. The molecule has 0 radical (unpaired) electrons. The summed E-state index contributed by atoms with van der Waals surface area (Å²) in [5.74, 6) is 0.461. The van der Waals surface area contributed by atoms with E-state index in [9.17, 15) is 13.2 Å². The van der Waals surface area contributed by atoms with Crippen molar-refractivity contribution in [2.75, 3.05) is 0 Å². The SMILES string of the molecule is Cc1ccc(S(=O)(=O)n2ccc3c(C)c(Oc4cccc(-c5ccn(Cc6cccc(CCC(=O)O)c6)n5)c4)ccc32)cc1. The Kier molecular flexibility index (Phi) is 7.80. The molecule has 222 valence electrons. The lowest BCUT2D eigenvalue weighted by Gasteiger charge is -2.12. The van der Waals surface area contributed by atoms with E-state index in [-0.39, 0.29) is 11.3 Å². The molecular weight excluding hydrogens is 574 g/mol. The summed E-state index contributed by atoms with van der Waals surface area (Å²) in [4.78, 5) is 11.2. The third-order valence-electron chi connectivity index (χ3n) is 7.60. The van der Waals surface area contributed by atoms with E-state index in [4.69, 9.17) is 14.9 Å². The molecule has 2 aromatic heterocycles. The summed E-state index contributed by atoms with van der Waals surface area (Å²) in [6, 6.07) is 29.7. The normalized spacial score (nSPS) is 11.6. The van der Waals surface area contributed by atoms with E-state index in [2.05, 4.69) is 0 Å². The Balaban J connectivity index is 1.20. The summed E-state index contributed by atoms with van der Waals surface area (Å²) in [7, 11) is -3.74. The second kappa shape index (κ2) is 11.9. The second-order valence-corrected chi connectivity index (χ2v) is 12.6. The quantitative estimate of drug-likeness (QED) is 0.177. The summed E-state index contributed by atoms with van der Waals surface area (Å²) >= 11 is 0. The van der Waals surface area contributed by atoms with Crippen molar-refractivity contribution in [3.8, 4) is 22.8 Å². The van der Waals surface area contributed by atoms with Crippen molar-refractivity contribution in [3.05, 3.63) is 132 Å². The van der Waals surface area contributed by atoms with Crippen molar-refractivity contribution in [1.82, 2.24) is 13.8 Å². The van der Waals surface area contributed by atoms with Crippen LogP contribution >= 0.6 is 0 Å². The van der Waals surface area contributed by atoms with Crippen molar-refractivity contribution >= 4 is 26.9 Å². The van der Waals surface area contributed by atoms with Crippen molar-refractivity contribution in [1.29, 1.82) is 0 Å². The van der Waals surface area contributed by atoms with Crippen LogP contribution in [-0.2, 0) is 27.8 Å². The van der Waals surface area contributed by atoms with Crippen LogP contribution in [0, 0.1) is 13.8 Å². The molecule has 8 nitrogen and oxygen atoms in total. The van der Waals surface area contributed by atoms with Crippen LogP contribution in [0.5, 0.6) is 11.5 Å². The zero-order chi connectivity index (χ0) is 30.8. The molecule has 2 heterocycles. The molecule has 6 aromatic rings. The van der Waals surface area contributed by atoms with Crippen LogP contribution in [0.1, 0.15) is 28.7 Å². The van der Waals surface area contributed by atoms with Gasteiger partial charge in [0.2, 0.25) is 0 Å². The highest BCUT2D eigenvalue weighted by molar-refractivity contribution is 7.90. The van der Waals surface area contributed by atoms with Crippen LogP contribution in [0.3, 0.4) is 0 Å². The van der Waals surface area contributed by atoms with Gasteiger partial charge in [0, 0.05) is 35.3 Å². The van der Waals surface area contributed by atoms with E-state index < -0.39 is 16.0 Å². The number of carboxylic acids is 1. The van der Waals surface area contributed by atoms with Crippen molar-refractivity contribution in [2.45, 2.75) is 38.1 Å². The average molecular weight is 606 g/mol. The van der Waals surface area contributed by atoms with E-state index in [1.807, 2.05) is 79.3 Å². The Labute approximate surface area is 255 Å². The minimum absolute atomic E-state index is 0.101. The fourth-order valence-corrected chi connectivity index (χ4v) is 6.58. The number of carboxylic acid groups (broad SMARTS) is 1. The number of hydrogen-bond donors (Lipinski definition) is 1. The van der Waals surface area contributed by atoms with Crippen molar-refractivity contribution in [2.24, 2.45) is 0 Å². The summed E-state index contributed by atoms with van der Waals surface area (Å²) in [5, 5.41) is 14.5. The predicted octanol–water partition coefficient (Wildman–Crippen LogP) is 7.22. The van der Waals surface area contributed by atoms with Gasteiger partial charge in [-0.3, -0.25) is 9.48 Å². The zero-order valence-electron chi connectivity index (χ0n) is 24.3. The Morgan fingerprint density at radius 2 is 1.64 bits per heavy atom. The number of hydrogen-bond acceptors (Lipinski definition) is 5. The Hall–Kier alpha value is -5.15. The van der Waals surface area contributed by atoms with Crippen LogP contribution in [0.25, 0.3) is 22.2 Å². The highest BCUT2D eigenvalue weighted by atomic mass is 32.2. The first-order valence-corrected chi connectivity index (χ1v) is 15.7. The lowest BCUT2D eigenvalue weighted by Crippen LogP contribution is -2.11. The molecule has 0 amide bonds. The van der Waals surface area contributed by atoms with E-state index in [0.29, 0.717) is 30.0 Å². The molecule has 0 aliphatic rings. The number of ether oxygens (including phenoxy) is 1. The van der Waals surface area contributed by atoms with Gasteiger partial charge in [0.05, 0.1) is 22.7 Å². The van der Waals surface area contributed by atoms with Gasteiger partial charge in [0.25, 0.3) is 10.0 Å². The molecule has 4 aromatic carbocycles. The maximum atomic E-state index is 13.4. The molecule has 0 atom stereocenters. The number of benzene rings is 4. The molecule has 0 aliphatic heterocycles. The first-order valence-electron chi connectivity index (χ1n) is 14.2. The Bertz CT molecular complexity index is 2090. The van der Waals surface area contributed by atoms with E-state index >= 15 is 0 Å². The number of aromatic nitrogens is 3. The molecule has 0 aliphatic carbocycles. The van der Waals surface area contributed by atoms with Crippen molar-refractivity contribution < 1.29 is 23.1 Å². The third-order valence-corrected chi connectivity index (χ3v) is 9.30. The first-order chi connectivity index (χ1) is 21.2. The Morgan fingerprint density at radius 1 is 0.864 bits per heavy atom. The van der Waals surface area contributed by atoms with Gasteiger partial charge in [-0.15, -0.1) is 0 Å². The molecule has 44 heavy (non-hydrogen) atoms. The van der Waals surface area contributed by atoms with Crippen LogP contribution in [0.4, 0.5) is 0 Å². The highest BCUT2D eigenvalue weighted by Crippen LogP contribution is 2.34. The number of aryl methyl sites for hydroxylation is 3. The summed E-state index contributed by atoms with van der Waals surface area (Å²) in [5.41, 5.74) is 6.13. The number of rotatable bonds is 10. The van der Waals surface area contributed by atoms with Gasteiger partial charge in [-0.1, -0.05) is 54.1 Å². The van der Waals surface area contributed by atoms with Crippen LogP contribution in [0.2, 0.25) is 0 Å². The second-order valence-electron chi connectivity index (χ2n) is 10.8. The van der Waals surface area contributed by atoms with Crippen molar-refractivity contribution in [3.63, 3.8) is 0 Å². The minimum atomic E-state index is -3.74. The van der Waals surface area contributed by atoms with Crippen LogP contribution < -0.4 is 4.74 Å². The molecule has 0 saturated heterocycles. The van der Waals surface area contributed by atoms with Gasteiger partial charge in [-0.2, -0.15) is 5.10 Å². The molecule has 9 heteroatoms. The fourth-order valence-electron chi connectivity index (χ4n) is 5.23. The van der Waals surface area contributed by atoms with Gasteiger partial charge in [-0.05, 0) is 79.9 Å².